The zero-order chi connectivity index (χ0) is 58.9. The highest BCUT2D eigenvalue weighted by Crippen LogP contribution is 2.26. The topological polar surface area (TPSA) is 175 Å². The first kappa shape index (κ1) is 74.1. The van der Waals surface area contributed by atoms with Gasteiger partial charge in [-0.2, -0.15) is 0 Å². The van der Waals surface area contributed by atoms with E-state index in [1.165, 1.54) is 96.3 Å². The molecular formula is C69H110O12. The average Bonchev–Trinajstić information content (AvgIpc) is 3.46. The zero-order valence-electron chi connectivity index (χ0n) is 50.5. The lowest BCUT2D eigenvalue weighted by Gasteiger charge is -2.40. The molecule has 1 rings (SSSR count). The van der Waals surface area contributed by atoms with E-state index in [2.05, 4.69) is 112 Å². The Morgan fingerprint density at radius 1 is 0.420 bits per heavy atom. The Kier molecular flexibility index (Phi) is 50.9. The number of rotatable bonds is 52. The van der Waals surface area contributed by atoms with E-state index in [-0.39, 0.29) is 25.9 Å². The van der Waals surface area contributed by atoms with E-state index in [0.717, 1.165) is 77.0 Å². The first-order valence-electron chi connectivity index (χ1n) is 31.5. The van der Waals surface area contributed by atoms with Crippen LogP contribution in [0.5, 0.6) is 0 Å². The van der Waals surface area contributed by atoms with Gasteiger partial charge in [0, 0.05) is 19.3 Å². The van der Waals surface area contributed by atoms with Gasteiger partial charge in [-0.3, -0.25) is 14.4 Å². The minimum atomic E-state index is -1.94. The maximum atomic E-state index is 13.2. The molecule has 0 spiro atoms. The van der Waals surface area contributed by atoms with Gasteiger partial charge in [0.1, 0.15) is 18.8 Å². The van der Waals surface area contributed by atoms with Gasteiger partial charge in [0.2, 0.25) is 0 Å². The van der Waals surface area contributed by atoms with Crippen LogP contribution in [0.4, 0.5) is 0 Å². The highest BCUT2D eigenvalue weighted by atomic mass is 16.7. The number of esters is 3. The molecule has 0 amide bonds. The maximum absolute atomic E-state index is 13.2. The van der Waals surface area contributed by atoms with E-state index in [1.54, 1.807) is 0 Å². The van der Waals surface area contributed by atoms with Crippen LogP contribution in [0.2, 0.25) is 0 Å². The summed E-state index contributed by atoms with van der Waals surface area (Å²) in [7, 11) is 0. The van der Waals surface area contributed by atoms with E-state index in [0.29, 0.717) is 25.7 Å². The van der Waals surface area contributed by atoms with Crippen LogP contribution in [-0.4, -0.2) is 89.2 Å². The number of hydrogen-bond donors (Lipinski definition) is 3. The number of unbranched alkanes of at least 4 members (excludes halogenated alkanes) is 18. The first-order chi connectivity index (χ1) is 39.6. The quantitative estimate of drug-likeness (QED) is 0.0228. The van der Waals surface area contributed by atoms with Crippen molar-refractivity contribution >= 4 is 23.9 Å². The van der Waals surface area contributed by atoms with Crippen LogP contribution in [0.15, 0.2) is 122 Å². The summed E-state index contributed by atoms with van der Waals surface area (Å²) in [5, 5.41) is 31.5. The van der Waals surface area contributed by atoms with E-state index in [9.17, 15) is 34.5 Å². The SMILES string of the molecule is CC/C=C\C/C=C\C/C=C\C/C=C\C/C=C\C/C=C\CCC(=O)OCC(COC1OC(C(=O)O)C(O)C(O)C1OC(=O)CC/C=C\C/C=C\C/C=C\C/C=C\CC)OC(=O)CCCCCCCCCCCCCCCCCCCCC. The van der Waals surface area contributed by atoms with Gasteiger partial charge in [0.25, 0.3) is 0 Å². The molecule has 1 aliphatic rings. The summed E-state index contributed by atoms with van der Waals surface area (Å²) >= 11 is 0. The van der Waals surface area contributed by atoms with Gasteiger partial charge in [-0.1, -0.05) is 258 Å². The predicted octanol–water partition coefficient (Wildman–Crippen LogP) is 16.8. The van der Waals surface area contributed by atoms with Crippen molar-refractivity contribution in [2.24, 2.45) is 0 Å². The van der Waals surface area contributed by atoms with Crippen LogP contribution in [-0.2, 0) is 42.9 Å². The van der Waals surface area contributed by atoms with Crippen LogP contribution < -0.4 is 0 Å². The lowest BCUT2D eigenvalue weighted by Crippen LogP contribution is -2.61. The molecule has 0 aromatic rings. The molecule has 1 heterocycles. The highest BCUT2D eigenvalue weighted by molar-refractivity contribution is 5.74. The summed E-state index contributed by atoms with van der Waals surface area (Å²) < 4.78 is 28.3. The number of aliphatic hydroxyl groups excluding tert-OH is 2. The summed E-state index contributed by atoms with van der Waals surface area (Å²) in [6, 6.07) is 0. The van der Waals surface area contributed by atoms with Gasteiger partial charge in [0.15, 0.2) is 24.6 Å². The molecule has 6 unspecified atom stereocenters. The standard InChI is InChI=1S/C69H110O12/c1-4-7-10-13-16-19-22-25-27-29-31-33-35-38-40-43-46-49-52-55-61(70)77-58-60(79-62(71)56-53-50-47-44-42-39-36-34-32-30-28-26-23-20-17-14-11-8-5-2)59-78-69-67(65(74)64(73)66(81-69)68(75)76)80-63(72)57-54-51-48-45-41-37-24-21-18-15-12-9-6-3/h7,9-10,12,16,18-19,21,25,27,31,33,37-38,40-41,46,48-49,51,60,64-67,69,73-74H,4-6,8,11,13-15,17,20,22-24,26,28-30,32,34-36,39,42-45,47,50,52-59H2,1-3H3,(H,75,76)/b10-7-,12-9-,19-16-,21-18-,27-25-,33-31-,40-38-,41-37-,49-46-,51-48-. The third-order valence-corrected chi connectivity index (χ3v) is 13.6. The Balaban J connectivity index is 2.74. The fraction of sp³-hybridized carbons (Fsp3) is 0.652. The van der Waals surface area contributed by atoms with Crippen molar-refractivity contribution in [1.29, 1.82) is 0 Å². The van der Waals surface area contributed by atoms with Crippen molar-refractivity contribution in [3.05, 3.63) is 122 Å². The summed E-state index contributed by atoms with van der Waals surface area (Å²) in [4.78, 5) is 51.2. The zero-order valence-corrected chi connectivity index (χ0v) is 50.5. The second-order valence-electron chi connectivity index (χ2n) is 20.9. The largest absolute Gasteiger partial charge is 0.479 e. The fourth-order valence-corrected chi connectivity index (χ4v) is 8.82. The maximum Gasteiger partial charge on any atom is 0.335 e. The molecule has 0 radical (unpaired) electrons. The number of aliphatic hydroxyl groups is 2. The van der Waals surface area contributed by atoms with Gasteiger partial charge in [-0.25, -0.2) is 4.79 Å². The van der Waals surface area contributed by atoms with Gasteiger partial charge in [-0.15, -0.1) is 0 Å². The molecule has 81 heavy (non-hydrogen) atoms. The van der Waals surface area contributed by atoms with Crippen molar-refractivity contribution in [3.63, 3.8) is 0 Å². The summed E-state index contributed by atoms with van der Waals surface area (Å²) in [6.07, 6.45) is 64.9. The molecule has 0 aromatic carbocycles. The van der Waals surface area contributed by atoms with Gasteiger partial charge in [-0.05, 0) is 83.5 Å². The van der Waals surface area contributed by atoms with Crippen molar-refractivity contribution < 1.29 is 58.2 Å². The Morgan fingerprint density at radius 2 is 0.778 bits per heavy atom. The van der Waals surface area contributed by atoms with E-state index >= 15 is 0 Å². The van der Waals surface area contributed by atoms with Crippen LogP contribution in [0, 0.1) is 0 Å². The van der Waals surface area contributed by atoms with Crippen molar-refractivity contribution in [3.8, 4) is 0 Å². The summed E-state index contributed by atoms with van der Waals surface area (Å²) in [5.41, 5.74) is 0. The molecule has 6 atom stereocenters. The molecule has 1 saturated heterocycles. The molecule has 0 aliphatic carbocycles. The molecule has 3 N–H and O–H groups in total. The number of hydrogen-bond acceptors (Lipinski definition) is 11. The number of carboxylic acid groups (broad SMARTS) is 1. The Labute approximate surface area is 490 Å². The molecule has 1 aliphatic heterocycles. The van der Waals surface area contributed by atoms with Crippen molar-refractivity contribution in [2.75, 3.05) is 13.2 Å². The smallest absolute Gasteiger partial charge is 0.335 e. The molecular weight excluding hydrogens is 1020 g/mol. The first-order valence-corrected chi connectivity index (χ1v) is 31.5. The average molecular weight is 1130 g/mol. The number of carbonyl (C=O) groups is 4. The molecule has 0 bridgehead atoms. The Hall–Kier alpha value is -4.88. The monoisotopic (exact) mass is 1130 g/mol. The Morgan fingerprint density at radius 3 is 1.16 bits per heavy atom. The highest BCUT2D eigenvalue weighted by Gasteiger charge is 2.50. The number of aliphatic carboxylic acids is 1. The van der Waals surface area contributed by atoms with Crippen LogP contribution in [0.3, 0.4) is 0 Å². The predicted molar refractivity (Wildman–Crippen MR) is 330 cm³/mol. The third-order valence-electron chi connectivity index (χ3n) is 13.6. The molecule has 12 heteroatoms. The normalized spacial score (nSPS) is 18.6. The third kappa shape index (κ3) is 45.3. The van der Waals surface area contributed by atoms with E-state index < -0.39 is 67.3 Å². The van der Waals surface area contributed by atoms with Crippen LogP contribution in [0.1, 0.15) is 239 Å². The second-order valence-corrected chi connectivity index (χ2v) is 20.9. The van der Waals surface area contributed by atoms with E-state index in [4.69, 9.17) is 23.7 Å². The number of carbonyl (C=O) groups excluding carboxylic acids is 3. The fourth-order valence-electron chi connectivity index (χ4n) is 8.82. The molecule has 0 saturated carbocycles. The van der Waals surface area contributed by atoms with Crippen LogP contribution in [0.25, 0.3) is 0 Å². The van der Waals surface area contributed by atoms with Crippen LogP contribution >= 0.6 is 0 Å². The van der Waals surface area contributed by atoms with E-state index in [1.807, 2.05) is 30.4 Å². The minimum Gasteiger partial charge on any atom is -0.479 e. The molecule has 0 aromatic heterocycles. The van der Waals surface area contributed by atoms with Crippen molar-refractivity contribution in [1.82, 2.24) is 0 Å². The summed E-state index contributed by atoms with van der Waals surface area (Å²) in [6.45, 7) is 5.68. The number of carboxylic acids is 1. The van der Waals surface area contributed by atoms with Gasteiger partial charge >= 0.3 is 23.9 Å². The Bertz CT molecular complexity index is 1870. The molecule has 458 valence electrons. The molecule has 1 fully saturated rings. The number of allylic oxidation sites excluding steroid dienone is 20. The lowest BCUT2D eigenvalue weighted by atomic mass is 9.98. The number of ether oxygens (including phenoxy) is 5. The summed E-state index contributed by atoms with van der Waals surface area (Å²) in [5.74, 6) is -3.34. The lowest BCUT2D eigenvalue weighted by molar-refractivity contribution is -0.301. The minimum absolute atomic E-state index is 0.0726. The van der Waals surface area contributed by atoms with Gasteiger partial charge < -0.3 is 39.0 Å². The van der Waals surface area contributed by atoms with Gasteiger partial charge in [0.05, 0.1) is 6.61 Å². The van der Waals surface area contributed by atoms with Crippen molar-refractivity contribution in [2.45, 2.75) is 276 Å². The second kappa shape index (κ2) is 55.6. The molecule has 12 nitrogen and oxygen atoms in total.